The minimum absolute atomic E-state index is 1.08. The molecule has 0 aliphatic carbocycles. The van der Waals surface area contributed by atoms with E-state index in [1.807, 2.05) is 0 Å². The predicted octanol–water partition coefficient (Wildman–Crippen LogP) is 18.4. The average Bonchev–Trinajstić information content (AvgIpc) is 3.74. The zero-order valence-electron chi connectivity index (χ0n) is 37.3. The molecule has 0 saturated carbocycles. The van der Waals surface area contributed by atoms with E-state index in [4.69, 9.17) is 0 Å². The van der Waals surface area contributed by atoms with Crippen LogP contribution in [0, 0.1) is 0 Å². The van der Waals surface area contributed by atoms with Gasteiger partial charge in [-0.25, -0.2) is 0 Å². The summed E-state index contributed by atoms with van der Waals surface area (Å²) in [5.74, 6) is 0. The molecule has 0 fully saturated rings. The number of nitrogens with zero attached hydrogens (tertiary/aromatic N) is 2. The largest absolute Gasteiger partial charge is 0.310 e. The van der Waals surface area contributed by atoms with Crippen molar-refractivity contribution in [3.8, 4) is 50.2 Å². The van der Waals surface area contributed by atoms with Gasteiger partial charge in [0.05, 0.1) is 11.0 Å². The lowest BCUT2D eigenvalue weighted by Crippen LogP contribution is -2.10. The lowest BCUT2D eigenvalue weighted by molar-refractivity contribution is 1.18. The molecule has 0 saturated heterocycles. The fraction of sp³-hybridized carbons (Fsp3) is 0. The second-order valence-corrected chi connectivity index (χ2v) is 17.6. The summed E-state index contributed by atoms with van der Waals surface area (Å²) < 4.78 is 2.43. The van der Waals surface area contributed by atoms with Crippen LogP contribution < -0.4 is 4.90 Å². The van der Waals surface area contributed by atoms with Crippen molar-refractivity contribution in [2.24, 2.45) is 0 Å². The quantitative estimate of drug-likeness (QED) is 0.138. The zero-order valence-corrected chi connectivity index (χ0v) is 37.3. The Balaban J connectivity index is 0.997. The van der Waals surface area contributed by atoms with Crippen molar-refractivity contribution in [2.45, 2.75) is 0 Å². The summed E-state index contributed by atoms with van der Waals surface area (Å²) in [5.41, 5.74) is 16.4. The third-order valence-corrected chi connectivity index (χ3v) is 13.7. The Kier molecular flexibility index (Phi) is 9.54. The van der Waals surface area contributed by atoms with Crippen molar-refractivity contribution in [3.63, 3.8) is 0 Å². The summed E-state index contributed by atoms with van der Waals surface area (Å²) in [7, 11) is 0. The van der Waals surface area contributed by atoms with Gasteiger partial charge in [0.15, 0.2) is 0 Å². The fourth-order valence-electron chi connectivity index (χ4n) is 10.7. The molecule has 68 heavy (non-hydrogen) atoms. The van der Waals surface area contributed by atoms with Gasteiger partial charge in [-0.2, -0.15) is 0 Å². The van der Waals surface area contributed by atoms with Crippen LogP contribution >= 0.6 is 0 Å². The van der Waals surface area contributed by atoms with Crippen LogP contribution in [0.5, 0.6) is 0 Å². The average molecular weight is 865 g/mol. The minimum Gasteiger partial charge on any atom is -0.310 e. The molecule has 0 N–H and O–H groups in total. The van der Waals surface area contributed by atoms with Gasteiger partial charge >= 0.3 is 0 Å². The van der Waals surface area contributed by atoms with Crippen LogP contribution in [0.1, 0.15) is 0 Å². The van der Waals surface area contributed by atoms with Crippen LogP contribution in [-0.4, -0.2) is 4.57 Å². The van der Waals surface area contributed by atoms with Crippen LogP contribution in [0.4, 0.5) is 17.1 Å². The summed E-state index contributed by atoms with van der Waals surface area (Å²) in [4.78, 5) is 2.41. The van der Waals surface area contributed by atoms with E-state index in [0.29, 0.717) is 0 Å². The van der Waals surface area contributed by atoms with Crippen molar-refractivity contribution in [1.29, 1.82) is 0 Å². The lowest BCUT2D eigenvalue weighted by Gasteiger charge is -2.27. The molecule has 318 valence electrons. The summed E-state index contributed by atoms with van der Waals surface area (Å²) in [5, 5.41) is 9.97. The predicted molar refractivity (Wildman–Crippen MR) is 290 cm³/mol. The number of hydrogen-bond acceptors (Lipinski definition) is 1. The Morgan fingerprint density at radius 2 is 0.765 bits per heavy atom. The molecule has 0 unspecified atom stereocenters. The van der Waals surface area contributed by atoms with E-state index < -0.39 is 0 Å². The van der Waals surface area contributed by atoms with Gasteiger partial charge < -0.3 is 9.47 Å². The molecule has 0 amide bonds. The highest BCUT2D eigenvalue weighted by Crippen LogP contribution is 2.46. The number of fused-ring (bicyclic) bond motifs is 7. The maximum Gasteiger partial charge on any atom is 0.0553 e. The first-order valence-electron chi connectivity index (χ1n) is 23.4. The van der Waals surface area contributed by atoms with Gasteiger partial charge in [-0.05, 0) is 144 Å². The first-order chi connectivity index (χ1) is 33.7. The molecular weight excluding hydrogens is 821 g/mol. The van der Waals surface area contributed by atoms with Crippen molar-refractivity contribution in [2.75, 3.05) is 4.90 Å². The maximum atomic E-state index is 2.43. The van der Waals surface area contributed by atoms with E-state index in [9.17, 15) is 0 Å². The maximum absolute atomic E-state index is 2.43. The van der Waals surface area contributed by atoms with E-state index in [1.165, 1.54) is 93.1 Å². The van der Waals surface area contributed by atoms with Crippen molar-refractivity contribution in [3.05, 3.63) is 267 Å². The van der Waals surface area contributed by atoms with Gasteiger partial charge in [-0.15, -0.1) is 0 Å². The zero-order chi connectivity index (χ0) is 45.0. The topological polar surface area (TPSA) is 8.17 Å². The first-order valence-corrected chi connectivity index (χ1v) is 23.4. The molecule has 0 atom stereocenters. The fourth-order valence-corrected chi connectivity index (χ4v) is 10.7. The summed E-state index contributed by atoms with van der Waals surface area (Å²) in [6, 6.07) is 97.5. The molecule has 1 heterocycles. The number of benzene rings is 12. The monoisotopic (exact) mass is 864 g/mol. The van der Waals surface area contributed by atoms with Gasteiger partial charge in [-0.3, -0.25) is 0 Å². The van der Waals surface area contributed by atoms with Gasteiger partial charge in [0.1, 0.15) is 0 Å². The van der Waals surface area contributed by atoms with Crippen LogP contribution in [0.3, 0.4) is 0 Å². The van der Waals surface area contributed by atoms with Crippen LogP contribution in [-0.2, 0) is 0 Å². The van der Waals surface area contributed by atoms with Crippen LogP contribution in [0.15, 0.2) is 267 Å². The molecule has 0 spiro atoms. The molecule has 2 nitrogen and oxygen atoms in total. The second-order valence-electron chi connectivity index (χ2n) is 17.6. The molecule has 12 aromatic carbocycles. The Morgan fingerprint density at radius 3 is 1.46 bits per heavy atom. The summed E-state index contributed by atoms with van der Waals surface area (Å²) in [6.45, 7) is 0. The molecular formula is C66H44N2. The lowest BCUT2D eigenvalue weighted by atomic mass is 9.92. The molecule has 2 heteroatoms. The van der Waals surface area contributed by atoms with Crippen molar-refractivity contribution in [1.82, 2.24) is 4.57 Å². The molecule has 0 aliphatic heterocycles. The Labute approximate surface area is 395 Å². The molecule has 1 aromatic heterocycles. The number of anilines is 3. The SMILES string of the molecule is c1ccc(-c2ccccc2-c2ccc(N(c3ccc(-c4cc5ccccc5c5ccccc45)cc3)c3cccc(-c4c5ccccc5cc5c4c4ccccc4n5-c4ccccc4)c3)cc2)cc1. The molecule has 13 aromatic rings. The molecule has 0 radical (unpaired) electrons. The number of aromatic nitrogens is 1. The van der Waals surface area contributed by atoms with E-state index in [-0.39, 0.29) is 0 Å². The third kappa shape index (κ3) is 6.65. The van der Waals surface area contributed by atoms with Crippen molar-refractivity contribution >= 4 is 71.2 Å². The van der Waals surface area contributed by atoms with Crippen LogP contribution in [0.25, 0.3) is 104 Å². The Hall–Kier alpha value is -8.98. The number of hydrogen-bond donors (Lipinski definition) is 0. The van der Waals surface area contributed by atoms with Gasteiger partial charge in [-0.1, -0.05) is 200 Å². The Morgan fingerprint density at radius 1 is 0.265 bits per heavy atom. The van der Waals surface area contributed by atoms with E-state index >= 15 is 0 Å². The van der Waals surface area contributed by atoms with Crippen molar-refractivity contribution < 1.29 is 0 Å². The minimum atomic E-state index is 1.08. The van der Waals surface area contributed by atoms with E-state index in [1.54, 1.807) is 0 Å². The van der Waals surface area contributed by atoms with Gasteiger partial charge in [0.2, 0.25) is 0 Å². The Bertz CT molecular complexity index is 4000. The highest BCUT2D eigenvalue weighted by Gasteiger charge is 2.21. The number of para-hydroxylation sites is 2. The second kappa shape index (κ2) is 16.5. The highest BCUT2D eigenvalue weighted by molar-refractivity contribution is 6.23. The molecule has 13 rings (SSSR count). The normalized spacial score (nSPS) is 11.5. The van der Waals surface area contributed by atoms with Gasteiger partial charge in [0, 0.05) is 33.5 Å². The summed E-state index contributed by atoms with van der Waals surface area (Å²) >= 11 is 0. The van der Waals surface area contributed by atoms with E-state index in [2.05, 4.69) is 276 Å². The molecule has 0 bridgehead atoms. The first kappa shape index (κ1) is 39.4. The highest BCUT2D eigenvalue weighted by atomic mass is 15.1. The van der Waals surface area contributed by atoms with Crippen LogP contribution in [0.2, 0.25) is 0 Å². The van der Waals surface area contributed by atoms with E-state index in [0.717, 1.165) is 28.3 Å². The standard InChI is InChI=1S/C66H44N2/c1-3-18-45(19-4-1)55-26-11-12-27-56(55)46-34-38-52(39-35-46)67(53-40-36-47(37-41-53)62-43-48-20-7-9-28-57(48)59-30-13-14-31-60(59)62)54-25-17-22-50(42-54)65-58-29-10-8-21-49(58)44-64-66(65)61-32-15-16-33-63(61)68(64)51-23-5-2-6-24-51/h1-44H. The van der Waals surface area contributed by atoms with Gasteiger partial charge in [0.25, 0.3) is 0 Å². The number of rotatable bonds is 8. The smallest absolute Gasteiger partial charge is 0.0553 e. The summed E-state index contributed by atoms with van der Waals surface area (Å²) in [6.07, 6.45) is 0. The molecule has 0 aliphatic rings. The third-order valence-electron chi connectivity index (χ3n) is 13.7.